The molecule has 5 N–H and O–H groups in total. The van der Waals surface area contributed by atoms with E-state index >= 15 is 0 Å². The average Bonchev–Trinajstić information content (AvgIpc) is 2.56. The quantitative estimate of drug-likeness (QED) is 0.311. The van der Waals surface area contributed by atoms with Gasteiger partial charge in [-0.05, 0) is 0 Å². The van der Waals surface area contributed by atoms with Crippen molar-refractivity contribution in [1.82, 2.24) is 0 Å². The molecule has 17 heavy (non-hydrogen) atoms. The first kappa shape index (κ1) is 14.9. The maximum Gasteiger partial charge on any atom is 0.377 e. The average molecular weight is 248 g/mol. The summed E-state index contributed by atoms with van der Waals surface area (Å²) in [5, 5.41) is 42.6. The molecule has 0 aromatic rings. The number of hydrogen-bond donors (Lipinski definition) is 5. The van der Waals surface area contributed by atoms with Crippen LogP contribution in [0.15, 0.2) is 24.2 Å². The molecule has 96 valence electrons. The summed E-state index contributed by atoms with van der Waals surface area (Å²) in [6.07, 6.45) is -1.94. The van der Waals surface area contributed by atoms with Crippen LogP contribution in [0, 0.1) is 0 Å². The van der Waals surface area contributed by atoms with Crippen LogP contribution in [-0.2, 0) is 14.3 Å². The Kier molecular flexibility index (Phi) is 5.72. The molecule has 0 saturated carbocycles. The Labute approximate surface area is 95.7 Å². The molecule has 1 heterocycles. The standard InChI is InChI=1S/C6H8O6.C3H4O2/c7-1-2(8)5-3(9)4(10)6(11)12-5;1-2-3(4)5/h2,5,7-10H,1H2;2H,1H2,(H,4,5). The second-order valence-corrected chi connectivity index (χ2v) is 2.85. The number of carbonyl (C=O) groups excluding carboxylic acids is 1. The van der Waals surface area contributed by atoms with E-state index in [0.717, 1.165) is 6.08 Å². The third-order valence-electron chi connectivity index (χ3n) is 1.65. The number of carboxylic acids is 1. The zero-order valence-corrected chi connectivity index (χ0v) is 8.61. The number of aliphatic carboxylic acids is 1. The van der Waals surface area contributed by atoms with Gasteiger partial charge in [0.25, 0.3) is 0 Å². The molecule has 1 aliphatic rings. The topological polar surface area (TPSA) is 145 Å². The van der Waals surface area contributed by atoms with Crippen molar-refractivity contribution in [1.29, 1.82) is 0 Å². The summed E-state index contributed by atoms with van der Waals surface area (Å²) in [6.45, 7) is 2.29. The molecule has 1 rings (SSSR count). The fraction of sp³-hybridized carbons (Fsp3) is 0.333. The summed E-state index contributed by atoms with van der Waals surface area (Å²) in [4.78, 5) is 19.8. The fourth-order valence-corrected chi connectivity index (χ4v) is 0.823. The summed E-state index contributed by atoms with van der Waals surface area (Å²) in [7, 11) is 0. The predicted molar refractivity (Wildman–Crippen MR) is 53.1 cm³/mol. The van der Waals surface area contributed by atoms with E-state index in [1.165, 1.54) is 0 Å². The molecule has 8 heteroatoms. The molecule has 2 atom stereocenters. The van der Waals surface area contributed by atoms with Gasteiger partial charge in [0.05, 0.1) is 6.61 Å². The molecule has 0 aromatic heterocycles. The van der Waals surface area contributed by atoms with Gasteiger partial charge in [0.2, 0.25) is 5.76 Å². The monoisotopic (exact) mass is 248 g/mol. The Morgan fingerprint density at radius 2 is 2.00 bits per heavy atom. The summed E-state index contributed by atoms with van der Waals surface area (Å²) in [5.41, 5.74) is 0. The van der Waals surface area contributed by atoms with Crippen LogP contribution in [0.1, 0.15) is 0 Å². The van der Waals surface area contributed by atoms with Crippen molar-refractivity contribution in [3.05, 3.63) is 24.2 Å². The van der Waals surface area contributed by atoms with Gasteiger partial charge in [-0.1, -0.05) is 6.58 Å². The molecule has 0 amide bonds. The van der Waals surface area contributed by atoms with E-state index in [2.05, 4.69) is 11.3 Å². The van der Waals surface area contributed by atoms with Crippen LogP contribution < -0.4 is 0 Å². The van der Waals surface area contributed by atoms with Crippen molar-refractivity contribution in [2.75, 3.05) is 6.61 Å². The first-order valence-electron chi connectivity index (χ1n) is 4.32. The molecular formula is C9H12O8. The number of carbonyl (C=O) groups is 2. The number of ether oxygens (including phenoxy) is 1. The molecule has 1 aliphatic heterocycles. The van der Waals surface area contributed by atoms with Crippen molar-refractivity contribution >= 4 is 11.9 Å². The Balaban J connectivity index is 0.000000437. The minimum Gasteiger partial charge on any atom is -0.505 e. The lowest BCUT2D eigenvalue weighted by Gasteiger charge is -2.13. The minimum absolute atomic E-state index is 0.671. The van der Waals surface area contributed by atoms with E-state index in [1.807, 2.05) is 0 Å². The highest BCUT2D eigenvalue weighted by Gasteiger charge is 2.38. The molecule has 0 aromatic carbocycles. The number of rotatable bonds is 3. The van der Waals surface area contributed by atoms with E-state index < -0.39 is 42.3 Å². The van der Waals surface area contributed by atoms with Gasteiger partial charge >= 0.3 is 11.9 Å². The molecule has 0 fully saturated rings. The van der Waals surface area contributed by atoms with E-state index in [4.69, 9.17) is 25.5 Å². The number of hydrogen-bond acceptors (Lipinski definition) is 7. The zero-order chi connectivity index (χ0) is 13.6. The number of esters is 1. The second kappa shape index (κ2) is 6.51. The van der Waals surface area contributed by atoms with Gasteiger partial charge in [-0.3, -0.25) is 0 Å². The number of aliphatic hydroxyl groups is 4. The molecule has 0 aliphatic carbocycles. The lowest BCUT2D eigenvalue weighted by atomic mass is 10.2. The Hall–Kier alpha value is -2.06. The maximum absolute atomic E-state index is 10.5. The van der Waals surface area contributed by atoms with Gasteiger partial charge < -0.3 is 30.3 Å². The van der Waals surface area contributed by atoms with Gasteiger partial charge in [0.1, 0.15) is 6.10 Å². The number of cyclic esters (lactones) is 1. The smallest absolute Gasteiger partial charge is 0.377 e. The first-order chi connectivity index (χ1) is 7.84. The third-order valence-corrected chi connectivity index (χ3v) is 1.65. The summed E-state index contributed by atoms with van der Waals surface area (Å²) < 4.78 is 4.32. The summed E-state index contributed by atoms with van der Waals surface area (Å²) in [5.74, 6) is -3.76. The molecule has 0 spiro atoms. The van der Waals surface area contributed by atoms with Gasteiger partial charge in [-0.25, -0.2) is 9.59 Å². The van der Waals surface area contributed by atoms with Gasteiger partial charge in [0, 0.05) is 6.08 Å². The zero-order valence-electron chi connectivity index (χ0n) is 8.61. The third kappa shape index (κ3) is 4.13. The Morgan fingerprint density at radius 3 is 2.24 bits per heavy atom. The van der Waals surface area contributed by atoms with Gasteiger partial charge in [0.15, 0.2) is 11.9 Å². The van der Waals surface area contributed by atoms with Crippen LogP contribution in [0.2, 0.25) is 0 Å². The fourth-order valence-electron chi connectivity index (χ4n) is 0.823. The largest absolute Gasteiger partial charge is 0.505 e. The SMILES string of the molecule is C=CC(=O)O.O=C1OC(C(O)CO)C(O)=C1O. The van der Waals surface area contributed by atoms with Crippen LogP contribution >= 0.6 is 0 Å². The van der Waals surface area contributed by atoms with Crippen LogP contribution in [0.5, 0.6) is 0 Å². The van der Waals surface area contributed by atoms with Crippen molar-refractivity contribution in [3.8, 4) is 0 Å². The van der Waals surface area contributed by atoms with E-state index in [1.54, 1.807) is 0 Å². The van der Waals surface area contributed by atoms with E-state index in [9.17, 15) is 9.59 Å². The summed E-state index contributed by atoms with van der Waals surface area (Å²) in [6, 6.07) is 0. The molecule has 8 nitrogen and oxygen atoms in total. The second-order valence-electron chi connectivity index (χ2n) is 2.85. The highest BCUT2D eigenvalue weighted by atomic mass is 16.6. The lowest BCUT2D eigenvalue weighted by molar-refractivity contribution is -0.147. The van der Waals surface area contributed by atoms with Gasteiger partial charge in [-0.15, -0.1) is 0 Å². The predicted octanol–water partition coefficient (Wildman–Crippen LogP) is -1.15. The summed E-state index contributed by atoms with van der Waals surface area (Å²) >= 11 is 0. The molecular weight excluding hydrogens is 236 g/mol. The minimum atomic E-state index is -1.42. The molecule has 0 saturated heterocycles. The van der Waals surface area contributed by atoms with Gasteiger partial charge in [-0.2, -0.15) is 0 Å². The van der Waals surface area contributed by atoms with Crippen molar-refractivity contribution in [3.63, 3.8) is 0 Å². The van der Waals surface area contributed by atoms with Crippen LogP contribution in [-0.4, -0.2) is 56.3 Å². The van der Waals surface area contributed by atoms with Crippen molar-refractivity contribution in [2.45, 2.75) is 12.2 Å². The maximum atomic E-state index is 10.5. The Morgan fingerprint density at radius 1 is 1.53 bits per heavy atom. The van der Waals surface area contributed by atoms with Crippen LogP contribution in [0.4, 0.5) is 0 Å². The Bertz CT molecular complexity index is 345. The molecule has 2 unspecified atom stereocenters. The van der Waals surface area contributed by atoms with Crippen LogP contribution in [0.3, 0.4) is 0 Å². The highest BCUT2D eigenvalue weighted by molar-refractivity contribution is 5.89. The van der Waals surface area contributed by atoms with E-state index in [0.29, 0.717) is 0 Å². The highest BCUT2D eigenvalue weighted by Crippen LogP contribution is 2.20. The number of aliphatic hydroxyl groups excluding tert-OH is 4. The molecule has 0 radical (unpaired) electrons. The molecule has 0 bridgehead atoms. The van der Waals surface area contributed by atoms with Crippen LogP contribution in [0.25, 0.3) is 0 Å². The lowest BCUT2D eigenvalue weighted by Crippen LogP contribution is -2.31. The first-order valence-corrected chi connectivity index (χ1v) is 4.32. The van der Waals surface area contributed by atoms with Crippen molar-refractivity contribution < 1.29 is 39.9 Å². The number of carboxylic acid groups (broad SMARTS) is 1. The van der Waals surface area contributed by atoms with Crippen molar-refractivity contribution in [2.24, 2.45) is 0 Å². The van der Waals surface area contributed by atoms with E-state index in [-0.39, 0.29) is 0 Å². The normalized spacial score (nSPS) is 20.1.